The van der Waals surface area contributed by atoms with Gasteiger partial charge in [-0.1, -0.05) is 13.8 Å². The molecule has 2 N–H and O–H groups in total. The molecule has 2 nitrogen and oxygen atoms in total. The Morgan fingerprint density at radius 2 is 2.06 bits per heavy atom. The summed E-state index contributed by atoms with van der Waals surface area (Å²) in [6, 6.07) is 5.00. The van der Waals surface area contributed by atoms with Crippen molar-refractivity contribution in [3.8, 4) is 0 Å². The third kappa shape index (κ3) is 3.19. The molecule has 0 aliphatic heterocycles. The van der Waals surface area contributed by atoms with E-state index in [1.165, 1.54) is 30.5 Å². The Bertz CT molecular complexity index is 425. The van der Waals surface area contributed by atoms with Crippen LogP contribution in [0.5, 0.6) is 0 Å². The zero-order valence-electron chi connectivity index (χ0n) is 11.5. The summed E-state index contributed by atoms with van der Waals surface area (Å²) in [5, 5.41) is 0. The van der Waals surface area contributed by atoms with Gasteiger partial charge in [-0.15, -0.1) is 0 Å². The van der Waals surface area contributed by atoms with E-state index < -0.39 is 0 Å². The first-order valence-electron chi connectivity index (χ1n) is 6.81. The van der Waals surface area contributed by atoms with Crippen LogP contribution in [-0.2, 0) is 0 Å². The van der Waals surface area contributed by atoms with Crippen LogP contribution in [0.3, 0.4) is 0 Å². The molecule has 0 radical (unpaired) electrons. The highest BCUT2D eigenvalue weighted by atomic mass is 79.9. The lowest BCUT2D eigenvalue weighted by molar-refractivity contribution is 0.570. The Morgan fingerprint density at radius 1 is 1.39 bits per heavy atom. The van der Waals surface area contributed by atoms with Crippen LogP contribution >= 0.6 is 15.9 Å². The molecule has 100 valence electrons. The molecule has 0 heterocycles. The predicted octanol–water partition coefficient (Wildman–Crippen LogP) is 4.35. The molecular weight excluding hydrogens is 288 g/mol. The van der Waals surface area contributed by atoms with Gasteiger partial charge in [0.2, 0.25) is 0 Å². The molecule has 0 unspecified atom stereocenters. The number of anilines is 2. The van der Waals surface area contributed by atoms with Gasteiger partial charge in [0.05, 0.1) is 5.69 Å². The van der Waals surface area contributed by atoms with Gasteiger partial charge in [-0.05, 0) is 65.7 Å². The van der Waals surface area contributed by atoms with E-state index in [1.807, 2.05) is 6.07 Å². The number of nitrogens with two attached hydrogens (primary N) is 1. The molecule has 0 spiro atoms. The summed E-state index contributed by atoms with van der Waals surface area (Å²) in [4.78, 5) is 2.55. The van der Waals surface area contributed by atoms with Gasteiger partial charge in [0, 0.05) is 22.7 Å². The minimum absolute atomic E-state index is 0.739. The second-order valence-electron chi connectivity index (χ2n) is 5.77. The van der Waals surface area contributed by atoms with Crippen molar-refractivity contribution in [1.29, 1.82) is 0 Å². The molecule has 1 aliphatic rings. The lowest BCUT2D eigenvalue weighted by atomic mass is 10.1. The molecule has 1 aliphatic carbocycles. The van der Waals surface area contributed by atoms with Crippen LogP contribution in [0.15, 0.2) is 16.6 Å². The number of rotatable bonds is 5. The van der Waals surface area contributed by atoms with E-state index in [2.05, 4.69) is 47.7 Å². The van der Waals surface area contributed by atoms with Crippen LogP contribution in [0.2, 0.25) is 0 Å². The van der Waals surface area contributed by atoms with Crippen molar-refractivity contribution in [2.75, 3.05) is 17.2 Å². The molecule has 1 saturated carbocycles. The van der Waals surface area contributed by atoms with E-state index in [1.54, 1.807) is 0 Å². The topological polar surface area (TPSA) is 29.3 Å². The maximum Gasteiger partial charge on any atom is 0.0517 e. The Balaban J connectivity index is 2.22. The summed E-state index contributed by atoms with van der Waals surface area (Å²) in [5.74, 6) is 0.750. The van der Waals surface area contributed by atoms with Crippen LogP contribution in [0.4, 0.5) is 11.4 Å². The van der Waals surface area contributed by atoms with E-state index >= 15 is 0 Å². The van der Waals surface area contributed by atoms with Crippen molar-refractivity contribution in [2.45, 2.75) is 46.1 Å². The summed E-state index contributed by atoms with van der Waals surface area (Å²) in [6.45, 7) is 7.80. The number of aryl methyl sites for hydroxylation is 1. The largest absolute Gasteiger partial charge is 0.398 e. The number of hydrogen-bond donors (Lipinski definition) is 1. The van der Waals surface area contributed by atoms with Crippen molar-refractivity contribution in [2.24, 2.45) is 5.92 Å². The van der Waals surface area contributed by atoms with Gasteiger partial charge < -0.3 is 10.6 Å². The molecular formula is C15H23BrN2. The maximum atomic E-state index is 5.96. The molecule has 0 aromatic heterocycles. The van der Waals surface area contributed by atoms with Crippen LogP contribution in [-0.4, -0.2) is 12.6 Å². The molecule has 0 bridgehead atoms. The van der Waals surface area contributed by atoms with Crippen LogP contribution in [0, 0.1) is 12.8 Å². The average molecular weight is 311 g/mol. The van der Waals surface area contributed by atoms with Crippen molar-refractivity contribution in [1.82, 2.24) is 0 Å². The number of nitrogen functional groups attached to an aromatic ring is 1. The van der Waals surface area contributed by atoms with Gasteiger partial charge in [0.1, 0.15) is 0 Å². The fraction of sp³-hybridized carbons (Fsp3) is 0.600. The SMILES string of the molecule is Cc1cc(N(CCC(C)C)C2CC2)c(Br)cc1N. The highest BCUT2D eigenvalue weighted by molar-refractivity contribution is 9.10. The first-order chi connectivity index (χ1) is 8.49. The van der Waals surface area contributed by atoms with E-state index in [0.29, 0.717) is 0 Å². The lowest BCUT2D eigenvalue weighted by Crippen LogP contribution is -2.28. The quantitative estimate of drug-likeness (QED) is 0.819. The normalized spacial score (nSPS) is 15.2. The smallest absolute Gasteiger partial charge is 0.0517 e. The molecule has 2 rings (SSSR count). The van der Waals surface area contributed by atoms with E-state index in [-0.39, 0.29) is 0 Å². The second kappa shape index (κ2) is 5.52. The standard InChI is InChI=1S/C15H23BrN2/c1-10(2)6-7-18(12-4-5-12)15-8-11(3)14(17)9-13(15)16/h8-10,12H,4-7,17H2,1-3H3. The molecule has 1 aromatic carbocycles. The third-order valence-electron chi connectivity index (χ3n) is 3.58. The van der Waals surface area contributed by atoms with Crippen LogP contribution in [0.1, 0.15) is 38.7 Å². The summed E-state index contributed by atoms with van der Waals surface area (Å²) < 4.78 is 1.13. The highest BCUT2D eigenvalue weighted by Crippen LogP contribution is 2.38. The van der Waals surface area contributed by atoms with E-state index in [4.69, 9.17) is 5.73 Å². The van der Waals surface area contributed by atoms with Gasteiger partial charge in [0.25, 0.3) is 0 Å². The highest BCUT2D eigenvalue weighted by Gasteiger charge is 2.30. The molecule has 0 atom stereocenters. The fourth-order valence-electron chi connectivity index (χ4n) is 2.18. The lowest BCUT2D eigenvalue weighted by Gasteiger charge is -2.27. The first-order valence-corrected chi connectivity index (χ1v) is 7.60. The summed E-state index contributed by atoms with van der Waals surface area (Å²) in [7, 11) is 0. The minimum Gasteiger partial charge on any atom is -0.398 e. The van der Waals surface area contributed by atoms with Crippen molar-refractivity contribution < 1.29 is 0 Å². The zero-order chi connectivity index (χ0) is 13.3. The van der Waals surface area contributed by atoms with Gasteiger partial charge in [-0.25, -0.2) is 0 Å². The Hall–Kier alpha value is -0.700. The van der Waals surface area contributed by atoms with Crippen molar-refractivity contribution in [3.05, 3.63) is 22.2 Å². The fourth-order valence-corrected chi connectivity index (χ4v) is 2.77. The van der Waals surface area contributed by atoms with Crippen LogP contribution in [0.25, 0.3) is 0 Å². The van der Waals surface area contributed by atoms with Gasteiger partial charge in [-0.3, -0.25) is 0 Å². The number of hydrogen-bond acceptors (Lipinski definition) is 2. The van der Waals surface area contributed by atoms with E-state index in [0.717, 1.165) is 28.7 Å². The Labute approximate surface area is 119 Å². The maximum absolute atomic E-state index is 5.96. The number of benzene rings is 1. The van der Waals surface area contributed by atoms with E-state index in [9.17, 15) is 0 Å². The minimum atomic E-state index is 0.739. The van der Waals surface area contributed by atoms with Crippen molar-refractivity contribution >= 4 is 27.3 Å². The molecule has 18 heavy (non-hydrogen) atoms. The number of halogens is 1. The van der Waals surface area contributed by atoms with Gasteiger partial charge in [0.15, 0.2) is 0 Å². The van der Waals surface area contributed by atoms with Gasteiger partial charge in [-0.2, -0.15) is 0 Å². The first kappa shape index (κ1) is 13.7. The predicted molar refractivity (Wildman–Crippen MR) is 83.1 cm³/mol. The van der Waals surface area contributed by atoms with Gasteiger partial charge >= 0.3 is 0 Å². The Morgan fingerprint density at radius 3 is 2.61 bits per heavy atom. The summed E-state index contributed by atoms with van der Waals surface area (Å²) >= 11 is 3.66. The monoisotopic (exact) mass is 310 g/mol. The average Bonchev–Trinajstić information content (AvgIpc) is 3.09. The van der Waals surface area contributed by atoms with Crippen molar-refractivity contribution in [3.63, 3.8) is 0 Å². The number of nitrogens with zero attached hydrogens (tertiary/aromatic N) is 1. The molecule has 1 fully saturated rings. The third-order valence-corrected chi connectivity index (χ3v) is 4.22. The molecule has 0 amide bonds. The molecule has 1 aromatic rings. The molecule has 3 heteroatoms. The Kier molecular flexibility index (Phi) is 4.21. The summed E-state index contributed by atoms with van der Waals surface area (Å²) in [5.41, 5.74) is 9.30. The molecule has 0 saturated heterocycles. The second-order valence-corrected chi connectivity index (χ2v) is 6.62. The zero-order valence-corrected chi connectivity index (χ0v) is 13.1. The van der Waals surface area contributed by atoms with Crippen LogP contribution < -0.4 is 10.6 Å². The summed E-state index contributed by atoms with van der Waals surface area (Å²) in [6.07, 6.45) is 3.90.